The third kappa shape index (κ3) is 1.95. The maximum Gasteiger partial charge on any atom is 0.0392 e. The van der Waals surface area contributed by atoms with E-state index in [1.807, 2.05) is 0 Å². The van der Waals surface area contributed by atoms with Gasteiger partial charge in [0.1, 0.15) is 0 Å². The third-order valence-electron chi connectivity index (χ3n) is 3.97. The average Bonchev–Trinajstić information content (AvgIpc) is 2.47. The van der Waals surface area contributed by atoms with E-state index in [9.17, 15) is 0 Å². The minimum absolute atomic E-state index is 0.450. The third-order valence-corrected chi connectivity index (χ3v) is 3.97. The summed E-state index contributed by atoms with van der Waals surface area (Å²) in [6, 6.07) is 20.1. The SMILES string of the molecule is CCC1c2ccccc2CNC1c1ccccc1. The lowest BCUT2D eigenvalue weighted by molar-refractivity contribution is 0.405. The Balaban J connectivity index is 2.00. The molecule has 2 aromatic carbocycles. The van der Waals surface area contributed by atoms with Gasteiger partial charge in [0.05, 0.1) is 0 Å². The molecule has 0 saturated carbocycles. The summed E-state index contributed by atoms with van der Waals surface area (Å²) in [7, 11) is 0. The average molecular weight is 237 g/mol. The van der Waals surface area contributed by atoms with E-state index in [1.54, 1.807) is 0 Å². The van der Waals surface area contributed by atoms with E-state index in [2.05, 4.69) is 66.8 Å². The van der Waals surface area contributed by atoms with E-state index >= 15 is 0 Å². The van der Waals surface area contributed by atoms with Gasteiger partial charge in [0, 0.05) is 18.5 Å². The highest BCUT2D eigenvalue weighted by molar-refractivity contribution is 5.36. The van der Waals surface area contributed by atoms with Gasteiger partial charge in [-0.1, -0.05) is 61.5 Å². The molecule has 1 nitrogen and oxygen atoms in total. The number of hydrogen-bond acceptors (Lipinski definition) is 1. The number of benzene rings is 2. The van der Waals surface area contributed by atoms with Gasteiger partial charge in [0.2, 0.25) is 0 Å². The van der Waals surface area contributed by atoms with Gasteiger partial charge >= 0.3 is 0 Å². The van der Waals surface area contributed by atoms with Crippen LogP contribution in [-0.2, 0) is 6.54 Å². The molecule has 1 aliphatic heterocycles. The molecule has 2 aromatic rings. The molecule has 0 aliphatic carbocycles. The Bertz CT molecular complexity index is 518. The molecule has 92 valence electrons. The molecule has 0 aromatic heterocycles. The molecule has 1 aliphatic rings. The molecule has 0 amide bonds. The lowest BCUT2D eigenvalue weighted by Gasteiger charge is -2.34. The van der Waals surface area contributed by atoms with Crippen molar-refractivity contribution in [2.75, 3.05) is 0 Å². The summed E-state index contributed by atoms with van der Waals surface area (Å²) < 4.78 is 0. The molecule has 18 heavy (non-hydrogen) atoms. The van der Waals surface area contributed by atoms with Gasteiger partial charge in [-0.2, -0.15) is 0 Å². The van der Waals surface area contributed by atoms with E-state index in [0.717, 1.165) is 6.54 Å². The monoisotopic (exact) mass is 237 g/mol. The van der Waals surface area contributed by atoms with Crippen molar-refractivity contribution >= 4 is 0 Å². The predicted molar refractivity (Wildman–Crippen MR) is 75.5 cm³/mol. The van der Waals surface area contributed by atoms with E-state index < -0.39 is 0 Å². The number of nitrogens with one attached hydrogen (secondary N) is 1. The topological polar surface area (TPSA) is 12.0 Å². The summed E-state index contributed by atoms with van der Waals surface area (Å²) in [5.74, 6) is 0.581. The quantitative estimate of drug-likeness (QED) is 0.831. The van der Waals surface area contributed by atoms with Crippen LogP contribution in [0, 0.1) is 0 Å². The molecular formula is C17H19N. The number of hydrogen-bond donors (Lipinski definition) is 1. The van der Waals surface area contributed by atoms with Crippen molar-refractivity contribution < 1.29 is 0 Å². The molecule has 2 unspecified atom stereocenters. The van der Waals surface area contributed by atoms with Crippen molar-refractivity contribution in [2.45, 2.75) is 31.8 Å². The molecule has 1 heteroatoms. The van der Waals surface area contributed by atoms with Gasteiger partial charge in [0.25, 0.3) is 0 Å². The maximum atomic E-state index is 3.69. The number of rotatable bonds is 2. The van der Waals surface area contributed by atoms with Gasteiger partial charge in [-0.05, 0) is 23.1 Å². The van der Waals surface area contributed by atoms with Crippen molar-refractivity contribution in [3.8, 4) is 0 Å². The van der Waals surface area contributed by atoms with E-state index in [0.29, 0.717) is 12.0 Å². The Labute approximate surface area is 109 Å². The summed E-state index contributed by atoms with van der Waals surface area (Å²) in [4.78, 5) is 0. The second-order valence-corrected chi connectivity index (χ2v) is 4.98. The first-order valence-electron chi connectivity index (χ1n) is 6.76. The van der Waals surface area contributed by atoms with Gasteiger partial charge in [-0.3, -0.25) is 0 Å². The van der Waals surface area contributed by atoms with Crippen LogP contribution in [0.15, 0.2) is 54.6 Å². The van der Waals surface area contributed by atoms with Crippen LogP contribution in [0.3, 0.4) is 0 Å². The Morgan fingerprint density at radius 1 is 1.00 bits per heavy atom. The van der Waals surface area contributed by atoms with Crippen LogP contribution >= 0.6 is 0 Å². The zero-order valence-electron chi connectivity index (χ0n) is 10.8. The molecule has 1 heterocycles. The minimum atomic E-state index is 0.450. The summed E-state index contributed by atoms with van der Waals surface area (Å²) in [6.07, 6.45) is 1.17. The standard InChI is InChI=1S/C17H19N/c1-2-15-16-11-7-6-10-14(16)12-18-17(15)13-8-4-3-5-9-13/h3-11,15,17-18H,2,12H2,1H3. The van der Waals surface area contributed by atoms with Crippen LogP contribution in [0.2, 0.25) is 0 Å². The molecule has 0 fully saturated rings. The van der Waals surface area contributed by atoms with Crippen molar-refractivity contribution in [3.63, 3.8) is 0 Å². The van der Waals surface area contributed by atoms with Crippen molar-refractivity contribution in [3.05, 3.63) is 71.3 Å². The van der Waals surface area contributed by atoms with Gasteiger partial charge < -0.3 is 5.32 Å². The molecule has 0 bridgehead atoms. The summed E-state index contributed by atoms with van der Waals surface area (Å²) in [5, 5.41) is 3.69. The summed E-state index contributed by atoms with van der Waals surface area (Å²) in [5.41, 5.74) is 4.38. The predicted octanol–water partition coefficient (Wildman–Crippen LogP) is 4.02. The molecule has 0 saturated heterocycles. The van der Waals surface area contributed by atoms with Crippen molar-refractivity contribution in [1.82, 2.24) is 5.32 Å². The van der Waals surface area contributed by atoms with Gasteiger partial charge in [-0.15, -0.1) is 0 Å². The van der Waals surface area contributed by atoms with Gasteiger partial charge in [-0.25, -0.2) is 0 Å². The first-order valence-corrected chi connectivity index (χ1v) is 6.76. The lowest BCUT2D eigenvalue weighted by Crippen LogP contribution is -2.32. The van der Waals surface area contributed by atoms with Crippen LogP contribution in [0.1, 0.15) is 42.0 Å². The first kappa shape index (κ1) is 11.5. The Kier molecular flexibility index (Phi) is 3.16. The zero-order valence-corrected chi connectivity index (χ0v) is 10.8. The molecule has 3 rings (SSSR count). The fraction of sp³-hybridized carbons (Fsp3) is 0.294. The van der Waals surface area contributed by atoms with Crippen LogP contribution < -0.4 is 5.32 Å². The van der Waals surface area contributed by atoms with E-state index in [-0.39, 0.29) is 0 Å². The first-order chi connectivity index (χ1) is 8.90. The summed E-state index contributed by atoms with van der Waals surface area (Å²) >= 11 is 0. The molecule has 2 atom stereocenters. The van der Waals surface area contributed by atoms with Crippen molar-refractivity contribution in [1.29, 1.82) is 0 Å². The highest BCUT2D eigenvalue weighted by atomic mass is 14.9. The highest BCUT2D eigenvalue weighted by Crippen LogP contribution is 2.38. The van der Waals surface area contributed by atoms with E-state index in [4.69, 9.17) is 0 Å². The number of fused-ring (bicyclic) bond motifs is 1. The molecule has 0 radical (unpaired) electrons. The Morgan fingerprint density at radius 2 is 1.72 bits per heavy atom. The van der Waals surface area contributed by atoms with Crippen molar-refractivity contribution in [2.24, 2.45) is 0 Å². The Hall–Kier alpha value is -1.60. The summed E-state index contributed by atoms with van der Waals surface area (Å²) in [6.45, 7) is 3.26. The highest BCUT2D eigenvalue weighted by Gasteiger charge is 2.28. The van der Waals surface area contributed by atoms with Crippen LogP contribution in [0.25, 0.3) is 0 Å². The molecule has 1 N–H and O–H groups in total. The maximum absolute atomic E-state index is 3.69. The second-order valence-electron chi connectivity index (χ2n) is 4.98. The second kappa shape index (κ2) is 4.95. The lowest BCUT2D eigenvalue weighted by atomic mass is 9.80. The molecular weight excluding hydrogens is 218 g/mol. The zero-order chi connectivity index (χ0) is 12.4. The minimum Gasteiger partial charge on any atom is -0.305 e. The van der Waals surface area contributed by atoms with E-state index in [1.165, 1.54) is 23.1 Å². The van der Waals surface area contributed by atoms with Crippen LogP contribution in [-0.4, -0.2) is 0 Å². The van der Waals surface area contributed by atoms with Crippen LogP contribution in [0.4, 0.5) is 0 Å². The Morgan fingerprint density at radius 3 is 2.50 bits per heavy atom. The van der Waals surface area contributed by atoms with Crippen LogP contribution in [0.5, 0.6) is 0 Å². The smallest absolute Gasteiger partial charge is 0.0392 e. The fourth-order valence-electron chi connectivity index (χ4n) is 3.06. The normalized spacial score (nSPS) is 22.5. The fourth-order valence-corrected chi connectivity index (χ4v) is 3.06. The van der Waals surface area contributed by atoms with Gasteiger partial charge in [0.15, 0.2) is 0 Å². The molecule has 0 spiro atoms. The largest absolute Gasteiger partial charge is 0.305 e.